The van der Waals surface area contributed by atoms with Crippen molar-refractivity contribution in [2.45, 2.75) is 176 Å². The highest BCUT2D eigenvalue weighted by Gasteiger charge is 2.16. The lowest BCUT2D eigenvalue weighted by Gasteiger charge is -2.24. The van der Waals surface area contributed by atoms with E-state index in [4.69, 9.17) is 4.74 Å². The summed E-state index contributed by atoms with van der Waals surface area (Å²) in [5.74, 6) is 3.20. The minimum absolute atomic E-state index is 0. The predicted molar refractivity (Wildman–Crippen MR) is 266 cm³/mol. The molecule has 60 heavy (non-hydrogen) atoms. The van der Waals surface area contributed by atoms with Crippen LogP contribution in [0.3, 0.4) is 0 Å². The Morgan fingerprint density at radius 2 is 1.13 bits per heavy atom. The zero-order valence-corrected chi connectivity index (χ0v) is 36.9. The fourth-order valence-corrected chi connectivity index (χ4v) is 6.45. The monoisotopic (exact) mass is 863 g/mol. The van der Waals surface area contributed by atoms with Gasteiger partial charge in [-0.2, -0.15) is 0 Å². The topological polar surface area (TPSA) is 25.4 Å². The van der Waals surface area contributed by atoms with Gasteiger partial charge < -0.3 is 9.64 Å². The van der Waals surface area contributed by atoms with E-state index in [-0.39, 0.29) is 60.5 Å². The van der Waals surface area contributed by atoms with E-state index in [1.165, 1.54) is 73.5 Å². The molecule has 3 nitrogen and oxygen atoms in total. The molecular formula is C53H93F3N2OS. The number of ether oxygens (including phenoxy) is 1. The summed E-state index contributed by atoms with van der Waals surface area (Å²) >= 11 is 1.72. The summed E-state index contributed by atoms with van der Waals surface area (Å²) < 4.78 is 43.0. The molecule has 3 aromatic carbocycles. The van der Waals surface area contributed by atoms with Gasteiger partial charge in [0.25, 0.3) is 0 Å². The average Bonchev–Trinajstić information content (AvgIpc) is 3.90. The van der Waals surface area contributed by atoms with Crippen LogP contribution in [0.4, 0.5) is 13.2 Å². The number of rotatable bonds is 6. The second-order valence-corrected chi connectivity index (χ2v) is 17.1. The molecule has 0 unspecified atom stereocenters. The first-order valence-corrected chi connectivity index (χ1v) is 21.4. The molecule has 3 heterocycles. The summed E-state index contributed by atoms with van der Waals surface area (Å²) in [5.41, 5.74) is 4.90. The van der Waals surface area contributed by atoms with Gasteiger partial charge in [-0.15, -0.1) is 11.3 Å². The fourth-order valence-electron chi connectivity index (χ4n) is 5.81. The van der Waals surface area contributed by atoms with Crippen molar-refractivity contribution in [3.63, 3.8) is 0 Å². The minimum Gasteiger partial charge on any atom is -0.381 e. The van der Waals surface area contributed by atoms with E-state index in [9.17, 15) is 13.2 Å². The van der Waals surface area contributed by atoms with E-state index < -0.39 is 0 Å². The van der Waals surface area contributed by atoms with E-state index in [1.54, 1.807) is 29.5 Å². The fraction of sp³-hybridized carbons (Fsp3) is 0.604. The Bertz CT molecular complexity index is 1490. The van der Waals surface area contributed by atoms with Crippen molar-refractivity contribution in [2.24, 2.45) is 11.8 Å². The highest BCUT2D eigenvalue weighted by molar-refractivity contribution is 7.09. The van der Waals surface area contributed by atoms with Crippen molar-refractivity contribution >= 4 is 11.3 Å². The summed E-state index contributed by atoms with van der Waals surface area (Å²) in [6, 6.07) is 21.0. The smallest absolute Gasteiger partial charge is 0.126 e. The van der Waals surface area contributed by atoms with E-state index in [1.807, 2.05) is 55.9 Å². The minimum atomic E-state index is -0.163. The number of nitrogens with zero attached hydrogens (tertiary/aromatic N) is 2. The van der Waals surface area contributed by atoms with Gasteiger partial charge in [0.05, 0.1) is 5.51 Å². The Kier molecular flexibility index (Phi) is 41.6. The van der Waals surface area contributed by atoms with Crippen molar-refractivity contribution < 1.29 is 17.9 Å². The molecule has 2 aliphatic rings. The molecule has 0 bridgehead atoms. The van der Waals surface area contributed by atoms with Crippen LogP contribution >= 0.6 is 11.3 Å². The quantitative estimate of drug-likeness (QED) is 0.193. The number of halogens is 3. The Morgan fingerprint density at radius 3 is 1.45 bits per heavy atom. The van der Waals surface area contributed by atoms with Crippen LogP contribution in [0.15, 0.2) is 84.5 Å². The van der Waals surface area contributed by atoms with E-state index >= 15 is 0 Å². The number of aromatic nitrogens is 1. The zero-order valence-electron chi connectivity index (χ0n) is 36.1. The lowest BCUT2D eigenvalue weighted by molar-refractivity contribution is 0.0523. The van der Waals surface area contributed by atoms with Crippen LogP contribution in [-0.2, 0) is 4.74 Å². The van der Waals surface area contributed by atoms with Crippen LogP contribution in [0.5, 0.6) is 0 Å². The number of hydrogen-bond donors (Lipinski definition) is 0. The summed E-state index contributed by atoms with van der Waals surface area (Å²) in [5, 5.41) is 0. The molecule has 0 N–H and O–H groups in total. The highest BCUT2D eigenvalue weighted by Crippen LogP contribution is 2.22. The third kappa shape index (κ3) is 29.3. The Morgan fingerprint density at radius 1 is 0.600 bits per heavy atom. The van der Waals surface area contributed by atoms with Gasteiger partial charge in [-0.25, -0.2) is 13.2 Å². The van der Waals surface area contributed by atoms with Crippen LogP contribution in [0, 0.1) is 29.3 Å². The molecule has 2 saturated heterocycles. The normalized spacial score (nSPS) is 13.1. The molecule has 0 saturated carbocycles. The molecule has 0 amide bonds. The predicted octanol–water partition coefficient (Wildman–Crippen LogP) is 17.9. The maximum Gasteiger partial charge on any atom is 0.126 e. The molecule has 6 rings (SSSR count). The van der Waals surface area contributed by atoms with Gasteiger partial charge in [0.1, 0.15) is 17.5 Å². The number of benzene rings is 3. The number of likely N-dealkylation sites (tertiary alicyclic amines) is 1. The summed E-state index contributed by atoms with van der Waals surface area (Å²) in [6.45, 7) is 30.4. The standard InChI is InChI=1S/3C9H11F.C8H16O.C7H15N.C6H9NS.5CH4/c1-7(2)8-3-5-9(10)6-4-8;1-7(2)8-4-3-5-9(10)6-8;1-7(2)8-5-3-4-6-9(8)10;1-7(2)8-3-5-9-6-4-8;1-7(2)8-5-3-4-6-8;1-5(2)6-3-7-4-8-6;;;;;/h3*3-7H,1-2H3;7-8H,3-6H2,1-2H3;7H,3-6H2,1-2H3;3-5H,1-2H3;5*1H4. The Hall–Kier alpha value is -3.00. The van der Waals surface area contributed by atoms with Gasteiger partial charge in [-0.3, -0.25) is 4.98 Å². The number of thiazole rings is 1. The molecule has 2 aliphatic heterocycles. The third-order valence-corrected chi connectivity index (χ3v) is 10.8. The Balaban J connectivity index is -0.000000199. The van der Waals surface area contributed by atoms with Crippen LogP contribution in [0.1, 0.15) is 191 Å². The molecule has 2 fully saturated rings. The van der Waals surface area contributed by atoms with E-state index in [2.05, 4.69) is 79.1 Å². The van der Waals surface area contributed by atoms with Crippen molar-refractivity contribution in [2.75, 3.05) is 26.3 Å². The van der Waals surface area contributed by atoms with Gasteiger partial charge in [0.15, 0.2) is 0 Å². The van der Waals surface area contributed by atoms with Crippen LogP contribution in [0.25, 0.3) is 0 Å². The van der Waals surface area contributed by atoms with Gasteiger partial charge in [0, 0.05) is 30.3 Å². The largest absolute Gasteiger partial charge is 0.381 e. The summed E-state index contributed by atoms with van der Waals surface area (Å²) in [6.07, 6.45) is 7.31. The maximum atomic E-state index is 12.8. The molecule has 0 spiro atoms. The first-order valence-electron chi connectivity index (χ1n) is 20.5. The zero-order chi connectivity index (χ0) is 41.3. The molecule has 0 atom stereocenters. The second kappa shape index (κ2) is 37.7. The van der Waals surface area contributed by atoms with Crippen LogP contribution in [0.2, 0.25) is 0 Å². The summed E-state index contributed by atoms with van der Waals surface area (Å²) in [7, 11) is 0. The molecule has 0 aliphatic carbocycles. The molecule has 0 radical (unpaired) electrons. The first-order chi connectivity index (χ1) is 26.0. The average molecular weight is 863 g/mol. The molecule has 4 aromatic rings. The van der Waals surface area contributed by atoms with Crippen LogP contribution in [-0.4, -0.2) is 42.2 Å². The van der Waals surface area contributed by atoms with E-state index in [0.29, 0.717) is 17.8 Å². The first kappa shape index (κ1) is 66.1. The molecule has 348 valence electrons. The number of hydrogen-bond acceptors (Lipinski definition) is 4. The van der Waals surface area contributed by atoms with Gasteiger partial charge in [-0.1, -0.05) is 149 Å². The van der Waals surface area contributed by atoms with Crippen LogP contribution < -0.4 is 0 Å². The van der Waals surface area contributed by atoms with E-state index in [0.717, 1.165) is 42.2 Å². The van der Waals surface area contributed by atoms with Crippen molar-refractivity contribution in [3.8, 4) is 0 Å². The van der Waals surface area contributed by atoms with Gasteiger partial charge in [0.2, 0.25) is 0 Å². The van der Waals surface area contributed by atoms with Gasteiger partial charge in [-0.05, 0) is 135 Å². The third-order valence-electron chi connectivity index (χ3n) is 9.68. The highest BCUT2D eigenvalue weighted by atomic mass is 32.1. The lowest BCUT2D eigenvalue weighted by Crippen LogP contribution is -2.26. The lowest BCUT2D eigenvalue weighted by atomic mass is 9.89. The van der Waals surface area contributed by atoms with Crippen molar-refractivity contribution in [1.29, 1.82) is 0 Å². The molecule has 7 heteroatoms. The molecular weight excluding hydrogens is 770 g/mol. The van der Waals surface area contributed by atoms with Crippen molar-refractivity contribution in [1.82, 2.24) is 9.88 Å². The maximum absolute atomic E-state index is 12.8. The Labute approximate surface area is 375 Å². The summed E-state index contributed by atoms with van der Waals surface area (Å²) in [4.78, 5) is 7.86. The van der Waals surface area contributed by atoms with Crippen molar-refractivity contribution in [3.05, 3.63) is 124 Å². The van der Waals surface area contributed by atoms with Gasteiger partial charge >= 0.3 is 0 Å². The second-order valence-electron chi connectivity index (χ2n) is 16.2. The SMILES string of the molecule is C.C.C.C.C.CC(C)C1CCOCC1.CC(C)N1CCCC1.CC(C)c1ccc(F)cc1.CC(C)c1cccc(F)c1.CC(C)c1ccccc1F.CC(C)c1cncs1. The molecule has 1 aromatic heterocycles.